The lowest BCUT2D eigenvalue weighted by Gasteiger charge is -2.37. The van der Waals surface area contributed by atoms with Crippen LogP contribution >= 0.6 is 27.5 Å². The van der Waals surface area contributed by atoms with E-state index >= 15 is 0 Å². The molecule has 0 spiro atoms. The number of piperidine rings is 1. The fourth-order valence-corrected chi connectivity index (χ4v) is 5.56. The summed E-state index contributed by atoms with van der Waals surface area (Å²) in [6, 6.07) is 10.7. The van der Waals surface area contributed by atoms with Crippen molar-refractivity contribution in [1.29, 1.82) is 0 Å². The smallest absolute Gasteiger partial charge is 0.172 e. The minimum Gasteiger partial charge on any atom is -0.370 e. The molecule has 1 unspecified atom stereocenters. The summed E-state index contributed by atoms with van der Waals surface area (Å²) < 4.78 is 2.76. The third-order valence-electron chi connectivity index (χ3n) is 6.54. The molecule has 3 heterocycles. The summed E-state index contributed by atoms with van der Waals surface area (Å²) >= 11 is 10.0. The third-order valence-corrected chi connectivity index (χ3v) is 7.43. The van der Waals surface area contributed by atoms with Crippen molar-refractivity contribution in [2.75, 3.05) is 25.0 Å². The third kappa shape index (κ3) is 4.10. The molecule has 1 aromatic carbocycles. The number of nitrogens with zero attached hydrogens (tertiary/aromatic N) is 4. The van der Waals surface area contributed by atoms with E-state index in [0.717, 1.165) is 39.8 Å². The van der Waals surface area contributed by atoms with Gasteiger partial charge in [-0.25, -0.2) is 4.98 Å². The number of aromatic nitrogens is 3. The van der Waals surface area contributed by atoms with Crippen LogP contribution in [0.2, 0.25) is 5.02 Å². The summed E-state index contributed by atoms with van der Waals surface area (Å²) in [6.07, 6.45) is 9.95. The van der Waals surface area contributed by atoms with Gasteiger partial charge in [0.1, 0.15) is 5.82 Å². The molecule has 1 saturated carbocycles. The first-order valence-corrected chi connectivity index (χ1v) is 12.1. The topological polar surface area (TPSA) is 45.5 Å². The van der Waals surface area contributed by atoms with Gasteiger partial charge in [-0.2, -0.15) is 9.61 Å². The second kappa shape index (κ2) is 8.85. The van der Waals surface area contributed by atoms with E-state index in [1.807, 2.05) is 28.8 Å². The Balaban J connectivity index is 1.38. The highest BCUT2D eigenvalue weighted by Gasteiger charge is 2.28. The Kier molecular flexibility index (Phi) is 5.98. The lowest BCUT2D eigenvalue weighted by atomic mass is 9.96. The lowest BCUT2D eigenvalue weighted by molar-refractivity contribution is 0.129. The Labute approximate surface area is 190 Å². The average molecular weight is 489 g/mol. The van der Waals surface area contributed by atoms with Crippen LogP contribution in [0.4, 0.5) is 5.82 Å². The summed E-state index contributed by atoms with van der Waals surface area (Å²) in [5.41, 5.74) is 2.59. The Morgan fingerprint density at radius 1 is 1.13 bits per heavy atom. The van der Waals surface area contributed by atoms with Gasteiger partial charge in [0.2, 0.25) is 0 Å². The van der Waals surface area contributed by atoms with Gasteiger partial charge in [-0.3, -0.25) is 0 Å². The zero-order chi connectivity index (χ0) is 20.5. The fourth-order valence-electron chi connectivity index (χ4n) is 4.98. The Bertz CT molecular complexity index is 1030. The van der Waals surface area contributed by atoms with Crippen LogP contribution in [0, 0.1) is 5.92 Å². The van der Waals surface area contributed by atoms with Crippen LogP contribution in [-0.4, -0.2) is 45.2 Å². The van der Waals surface area contributed by atoms with E-state index in [1.165, 1.54) is 51.6 Å². The molecule has 2 fully saturated rings. The van der Waals surface area contributed by atoms with Gasteiger partial charge in [0.15, 0.2) is 5.65 Å². The highest BCUT2D eigenvalue weighted by atomic mass is 79.9. The Morgan fingerprint density at radius 3 is 2.80 bits per heavy atom. The maximum absolute atomic E-state index is 6.45. The van der Waals surface area contributed by atoms with Gasteiger partial charge in [0, 0.05) is 35.8 Å². The van der Waals surface area contributed by atoms with E-state index < -0.39 is 0 Å². The van der Waals surface area contributed by atoms with Crippen LogP contribution in [0.3, 0.4) is 0 Å². The number of hydrogen-bond acceptors (Lipinski definition) is 4. The normalized spacial score (nSPS) is 20.8. The van der Waals surface area contributed by atoms with Gasteiger partial charge < -0.3 is 10.2 Å². The van der Waals surface area contributed by atoms with Crippen molar-refractivity contribution in [2.24, 2.45) is 5.92 Å². The van der Waals surface area contributed by atoms with Gasteiger partial charge >= 0.3 is 0 Å². The van der Waals surface area contributed by atoms with Crippen molar-refractivity contribution in [3.8, 4) is 11.3 Å². The number of likely N-dealkylation sites (tertiary alicyclic amines) is 1. The zero-order valence-electron chi connectivity index (χ0n) is 17.0. The zero-order valence-corrected chi connectivity index (χ0v) is 19.4. The van der Waals surface area contributed by atoms with Crippen molar-refractivity contribution >= 4 is 39.0 Å². The molecule has 2 aromatic heterocycles. The Morgan fingerprint density at radius 2 is 1.97 bits per heavy atom. The molecular weight excluding hydrogens is 462 g/mol. The van der Waals surface area contributed by atoms with E-state index in [-0.39, 0.29) is 0 Å². The molecule has 0 amide bonds. The van der Waals surface area contributed by atoms with E-state index in [4.69, 9.17) is 16.6 Å². The SMILES string of the molecule is Clc1ccccc1-c1cc(NCC2CCCN(C3CCCC3)C2)n2ncc(Br)c2n1. The number of halogens is 2. The molecule has 5 rings (SSSR count). The number of benzene rings is 1. The largest absolute Gasteiger partial charge is 0.370 e. The van der Waals surface area contributed by atoms with Gasteiger partial charge in [-0.05, 0) is 60.1 Å². The highest BCUT2D eigenvalue weighted by molar-refractivity contribution is 9.10. The van der Waals surface area contributed by atoms with Crippen LogP contribution in [0.5, 0.6) is 0 Å². The second-order valence-corrected chi connectivity index (χ2v) is 9.82. The molecule has 0 radical (unpaired) electrons. The molecule has 1 saturated heterocycles. The van der Waals surface area contributed by atoms with Crippen molar-refractivity contribution in [3.05, 3.63) is 46.0 Å². The monoisotopic (exact) mass is 487 g/mol. The highest BCUT2D eigenvalue weighted by Crippen LogP contribution is 2.31. The summed E-state index contributed by atoms with van der Waals surface area (Å²) in [5, 5.41) is 8.90. The fraction of sp³-hybridized carbons (Fsp3) is 0.478. The molecule has 1 aliphatic carbocycles. The average Bonchev–Trinajstić information content (AvgIpc) is 3.43. The van der Waals surface area contributed by atoms with Gasteiger partial charge in [0.05, 0.1) is 16.4 Å². The number of nitrogens with one attached hydrogen (secondary N) is 1. The maximum Gasteiger partial charge on any atom is 0.172 e. The molecule has 1 aliphatic heterocycles. The first-order valence-electron chi connectivity index (χ1n) is 11.0. The van der Waals surface area contributed by atoms with E-state index in [0.29, 0.717) is 10.9 Å². The molecule has 1 atom stereocenters. The van der Waals surface area contributed by atoms with Gasteiger partial charge in [-0.1, -0.05) is 42.6 Å². The van der Waals surface area contributed by atoms with Crippen LogP contribution < -0.4 is 5.32 Å². The summed E-state index contributed by atoms with van der Waals surface area (Å²) in [5.74, 6) is 1.61. The molecule has 0 bridgehead atoms. The van der Waals surface area contributed by atoms with Gasteiger partial charge in [-0.15, -0.1) is 0 Å². The number of hydrogen-bond donors (Lipinski definition) is 1. The van der Waals surface area contributed by atoms with Crippen molar-refractivity contribution < 1.29 is 0 Å². The van der Waals surface area contributed by atoms with Gasteiger partial charge in [0.25, 0.3) is 0 Å². The molecular formula is C23H27BrClN5. The first kappa shape index (κ1) is 20.3. The molecule has 2 aliphatic rings. The Hall–Kier alpha value is -1.63. The quantitative estimate of drug-likeness (QED) is 0.487. The standard InChI is InChI=1S/C23H27BrClN5/c24-19-14-27-30-22(12-21(28-23(19)30)18-9-3-4-10-20(18)25)26-13-16-6-5-11-29(15-16)17-7-1-2-8-17/h3-4,9-10,12,14,16-17,26H,1-2,5-8,11,13,15H2. The van der Waals surface area contributed by atoms with E-state index in [9.17, 15) is 0 Å². The summed E-state index contributed by atoms with van der Waals surface area (Å²) in [7, 11) is 0. The molecule has 5 nitrogen and oxygen atoms in total. The predicted molar refractivity (Wildman–Crippen MR) is 126 cm³/mol. The predicted octanol–water partition coefficient (Wildman–Crippen LogP) is 5.88. The van der Waals surface area contributed by atoms with Crippen LogP contribution in [-0.2, 0) is 0 Å². The molecule has 7 heteroatoms. The minimum atomic E-state index is 0.658. The van der Waals surface area contributed by atoms with E-state index in [2.05, 4.69) is 37.3 Å². The lowest BCUT2D eigenvalue weighted by Crippen LogP contribution is -2.43. The molecule has 30 heavy (non-hydrogen) atoms. The minimum absolute atomic E-state index is 0.658. The van der Waals surface area contributed by atoms with Crippen LogP contribution in [0.1, 0.15) is 38.5 Å². The number of rotatable bonds is 5. The van der Waals surface area contributed by atoms with Crippen molar-refractivity contribution in [2.45, 2.75) is 44.6 Å². The van der Waals surface area contributed by atoms with Crippen LogP contribution in [0.25, 0.3) is 16.9 Å². The summed E-state index contributed by atoms with van der Waals surface area (Å²) in [4.78, 5) is 7.55. The van der Waals surface area contributed by atoms with Crippen molar-refractivity contribution in [1.82, 2.24) is 19.5 Å². The summed E-state index contributed by atoms with van der Waals surface area (Å²) in [6.45, 7) is 3.41. The molecule has 158 valence electrons. The molecule has 3 aromatic rings. The molecule has 1 N–H and O–H groups in total. The number of anilines is 1. The number of fused-ring (bicyclic) bond motifs is 1. The van der Waals surface area contributed by atoms with Crippen molar-refractivity contribution in [3.63, 3.8) is 0 Å². The van der Waals surface area contributed by atoms with E-state index in [1.54, 1.807) is 6.20 Å². The maximum atomic E-state index is 6.45. The second-order valence-electron chi connectivity index (χ2n) is 8.56. The van der Waals surface area contributed by atoms with Crippen LogP contribution in [0.15, 0.2) is 41.0 Å². The first-order chi connectivity index (χ1) is 14.7.